The van der Waals surface area contributed by atoms with Crippen molar-refractivity contribution in [2.75, 3.05) is 19.6 Å². The molecule has 0 bridgehead atoms. The van der Waals surface area contributed by atoms with E-state index in [1.165, 1.54) is 12.8 Å². The van der Waals surface area contributed by atoms with Crippen LogP contribution >= 0.6 is 12.2 Å². The average Bonchev–Trinajstić information content (AvgIpc) is 2.65. The van der Waals surface area contributed by atoms with Gasteiger partial charge in [0.15, 0.2) is 0 Å². The molecule has 2 N–H and O–H groups in total. The van der Waals surface area contributed by atoms with E-state index in [2.05, 4.69) is 11.8 Å². The van der Waals surface area contributed by atoms with E-state index in [0.29, 0.717) is 23.1 Å². The number of hydrogen-bond donors (Lipinski definition) is 1. The Morgan fingerprint density at radius 2 is 2.00 bits per heavy atom. The average molecular weight is 242 g/mol. The highest BCUT2D eigenvalue weighted by molar-refractivity contribution is 7.80. The van der Waals surface area contributed by atoms with Crippen molar-refractivity contribution in [1.29, 1.82) is 0 Å². The maximum absolute atomic E-state index is 5.85. The van der Waals surface area contributed by atoms with E-state index in [0.717, 1.165) is 32.5 Å². The van der Waals surface area contributed by atoms with E-state index in [1.54, 1.807) is 0 Å². The van der Waals surface area contributed by atoms with Crippen LogP contribution in [0.5, 0.6) is 0 Å². The second-order valence-electron chi connectivity index (χ2n) is 5.12. The number of likely N-dealkylation sites (tertiary alicyclic amines) is 1. The first kappa shape index (κ1) is 12.3. The van der Waals surface area contributed by atoms with E-state index in [-0.39, 0.29) is 0 Å². The standard InChI is InChI=1S/C12H22N2OS/c1-9-2-3-11(15-9)8-14-6-4-10(5-7-14)12(13)16/h9-11H,2-8H2,1H3,(H2,13,16). The summed E-state index contributed by atoms with van der Waals surface area (Å²) < 4.78 is 5.85. The zero-order valence-corrected chi connectivity index (χ0v) is 10.8. The lowest BCUT2D eigenvalue weighted by atomic mass is 9.96. The number of nitrogens with zero attached hydrogens (tertiary/aromatic N) is 1. The smallest absolute Gasteiger partial charge is 0.0759 e. The molecule has 4 heteroatoms. The first-order valence-corrected chi connectivity index (χ1v) is 6.73. The lowest BCUT2D eigenvalue weighted by Gasteiger charge is -2.32. The van der Waals surface area contributed by atoms with E-state index in [4.69, 9.17) is 22.7 Å². The normalized spacial score (nSPS) is 33.1. The zero-order chi connectivity index (χ0) is 11.5. The van der Waals surface area contributed by atoms with Gasteiger partial charge in [-0.3, -0.25) is 0 Å². The molecular formula is C12H22N2OS. The molecule has 2 aliphatic heterocycles. The highest BCUT2D eigenvalue weighted by atomic mass is 32.1. The molecule has 0 amide bonds. The van der Waals surface area contributed by atoms with Gasteiger partial charge in [0, 0.05) is 12.5 Å². The number of nitrogens with two attached hydrogens (primary N) is 1. The molecule has 2 rings (SSSR count). The summed E-state index contributed by atoms with van der Waals surface area (Å²) in [6.45, 7) is 5.50. The fraction of sp³-hybridized carbons (Fsp3) is 0.917. The molecule has 0 radical (unpaired) electrons. The minimum Gasteiger partial charge on any atom is -0.393 e. The van der Waals surface area contributed by atoms with Crippen molar-refractivity contribution < 1.29 is 4.74 Å². The molecule has 92 valence electrons. The Balaban J connectivity index is 1.71. The van der Waals surface area contributed by atoms with Gasteiger partial charge in [-0.25, -0.2) is 0 Å². The maximum atomic E-state index is 5.85. The van der Waals surface area contributed by atoms with Crippen LogP contribution in [0.1, 0.15) is 32.6 Å². The van der Waals surface area contributed by atoms with E-state index >= 15 is 0 Å². The molecule has 0 spiro atoms. The Kier molecular flexibility index (Phi) is 4.16. The van der Waals surface area contributed by atoms with Crippen molar-refractivity contribution in [3.05, 3.63) is 0 Å². The summed E-state index contributed by atoms with van der Waals surface area (Å²) in [6, 6.07) is 0. The largest absolute Gasteiger partial charge is 0.393 e. The van der Waals surface area contributed by atoms with Gasteiger partial charge < -0.3 is 15.4 Å². The Morgan fingerprint density at radius 3 is 2.50 bits per heavy atom. The van der Waals surface area contributed by atoms with Crippen LogP contribution < -0.4 is 5.73 Å². The fourth-order valence-electron chi connectivity index (χ4n) is 2.71. The summed E-state index contributed by atoms with van der Waals surface area (Å²) >= 11 is 5.05. The van der Waals surface area contributed by atoms with Crippen LogP contribution in [0.25, 0.3) is 0 Å². The zero-order valence-electron chi connectivity index (χ0n) is 10.0. The van der Waals surface area contributed by atoms with Gasteiger partial charge in [-0.2, -0.15) is 0 Å². The first-order valence-electron chi connectivity index (χ1n) is 6.32. The van der Waals surface area contributed by atoms with Crippen molar-refractivity contribution in [3.63, 3.8) is 0 Å². The van der Waals surface area contributed by atoms with Gasteiger partial charge in [-0.15, -0.1) is 0 Å². The molecule has 0 aromatic carbocycles. The molecule has 0 aromatic rings. The first-order chi connectivity index (χ1) is 7.65. The van der Waals surface area contributed by atoms with E-state index in [1.807, 2.05) is 0 Å². The van der Waals surface area contributed by atoms with Gasteiger partial charge in [-0.1, -0.05) is 12.2 Å². The third-order valence-electron chi connectivity index (χ3n) is 3.77. The number of piperidine rings is 1. The summed E-state index contributed by atoms with van der Waals surface area (Å²) in [6.07, 6.45) is 5.59. The summed E-state index contributed by atoms with van der Waals surface area (Å²) in [5.74, 6) is 0.467. The minimum absolute atomic E-state index is 0.455. The Labute approximate surface area is 103 Å². The van der Waals surface area contributed by atoms with Gasteiger partial charge in [0.25, 0.3) is 0 Å². The Morgan fingerprint density at radius 1 is 1.31 bits per heavy atom. The van der Waals surface area contributed by atoms with Crippen LogP contribution in [-0.4, -0.2) is 41.7 Å². The molecule has 16 heavy (non-hydrogen) atoms. The van der Waals surface area contributed by atoms with Crippen molar-refractivity contribution in [2.24, 2.45) is 11.7 Å². The molecular weight excluding hydrogens is 220 g/mol. The molecule has 0 saturated carbocycles. The SMILES string of the molecule is CC1CCC(CN2CCC(C(N)=S)CC2)O1. The van der Waals surface area contributed by atoms with Crippen molar-refractivity contribution in [1.82, 2.24) is 4.90 Å². The predicted molar refractivity (Wildman–Crippen MR) is 69.5 cm³/mol. The summed E-state index contributed by atoms with van der Waals surface area (Å²) in [5.41, 5.74) is 5.68. The van der Waals surface area contributed by atoms with Crippen molar-refractivity contribution in [2.45, 2.75) is 44.8 Å². The van der Waals surface area contributed by atoms with Crippen LogP contribution in [-0.2, 0) is 4.74 Å². The minimum atomic E-state index is 0.455. The van der Waals surface area contributed by atoms with Crippen molar-refractivity contribution >= 4 is 17.2 Å². The monoisotopic (exact) mass is 242 g/mol. The second-order valence-corrected chi connectivity index (χ2v) is 5.59. The van der Waals surface area contributed by atoms with Gasteiger partial charge in [0.05, 0.1) is 17.2 Å². The van der Waals surface area contributed by atoms with Gasteiger partial charge in [0.2, 0.25) is 0 Å². The molecule has 3 nitrogen and oxygen atoms in total. The van der Waals surface area contributed by atoms with Crippen LogP contribution in [0.15, 0.2) is 0 Å². The number of ether oxygens (including phenoxy) is 1. The molecule has 0 aromatic heterocycles. The van der Waals surface area contributed by atoms with Gasteiger partial charge >= 0.3 is 0 Å². The summed E-state index contributed by atoms with van der Waals surface area (Å²) in [4.78, 5) is 3.20. The fourth-order valence-corrected chi connectivity index (χ4v) is 2.94. The quantitative estimate of drug-likeness (QED) is 0.762. The number of rotatable bonds is 3. The summed E-state index contributed by atoms with van der Waals surface area (Å²) in [7, 11) is 0. The maximum Gasteiger partial charge on any atom is 0.0759 e. The van der Waals surface area contributed by atoms with Crippen LogP contribution in [0.2, 0.25) is 0 Å². The molecule has 2 aliphatic rings. The molecule has 2 atom stereocenters. The van der Waals surface area contributed by atoms with E-state index < -0.39 is 0 Å². The van der Waals surface area contributed by atoms with Crippen LogP contribution in [0.4, 0.5) is 0 Å². The molecule has 2 heterocycles. The van der Waals surface area contributed by atoms with Crippen LogP contribution in [0, 0.1) is 5.92 Å². The number of hydrogen-bond acceptors (Lipinski definition) is 3. The lowest BCUT2D eigenvalue weighted by Crippen LogP contribution is -2.41. The second kappa shape index (κ2) is 5.43. The molecule has 2 fully saturated rings. The van der Waals surface area contributed by atoms with Gasteiger partial charge in [-0.05, 0) is 45.7 Å². The van der Waals surface area contributed by atoms with E-state index in [9.17, 15) is 0 Å². The van der Waals surface area contributed by atoms with Gasteiger partial charge in [0.1, 0.15) is 0 Å². The molecule has 2 unspecified atom stereocenters. The topological polar surface area (TPSA) is 38.5 Å². The number of thiocarbonyl (C=S) groups is 1. The van der Waals surface area contributed by atoms with Crippen LogP contribution in [0.3, 0.4) is 0 Å². The predicted octanol–water partition coefficient (Wildman–Crippen LogP) is 1.55. The van der Waals surface area contributed by atoms with Crippen molar-refractivity contribution in [3.8, 4) is 0 Å². The highest BCUT2D eigenvalue weighted by Crippen LogP contribution is 2.23. The third kappa shape index (κ3) is 3.15. The lowest BCUT2D eigenvalue weighted by molar-refractivity contribution is 0.0260. The summed E-state index contributed by atoms with van der Waals surface area (Å²) in [5, 5.41) is 0. The molecule has 2 saturated heterocycles. The Hall–Kier alpha value is -0.190. The Bertz CT molecular complexity index is 251. The third-order valence-corrected chi connectivity index (χ3v) is 4.11. The molecule has 0 aliphatic carbocycles. The highest BCUT2D eigenvalue weighted by Gasteiger charge is 2.27.